The number of ether oxygens (including phenoxy) is 4. The number of nitrogens with one attached hydrogen (secondary N) is 3. The molecule has 2 aliphatic heterocycles. The van der Waals surface area contributed by atoms with Gasteiger partial charge in [-0.2, -0.15) is 0 Å². The van der Waals surface area contributed by atoms with Gasteiger partial charge in [0.1, 0.15) is 35.8 Å². The minimum Gasteiger partial charge on any atom is -0.467 e. The summed E-state index contributed by atoms with van der Waals surface area (Å²) in [6.07, 6.45) is -3.71. The zero-order chi connectivity index (χ0) is 29.4. The highest BCUT2D eigenvalue weighted by atomic mass is 16.7. The lowest BCUT2D eigenvalue weighted by Gasteiger charge is -2.49. The molecule has 2 fully saturated rings. The lowest BCUT2D eigenvalue weighted by Crippen LogP contribution is -2.69. The van der Waals surface area contributed by atoms with Crippen LogP contribution in [0.5, 0.6) is 0 Å². The zero-order valence-corrected chi connectivity index (χ0v) is 23.5. The average molecular weight is 578 g/mol. The Bertz CT molecular complexity index is 796. The van der Waals surface area contributed by atoms with E-state index in [1.54, 1.807) is 14.0 Å². The van der Waals surface area contributed by atoms with Crippen molar-refractivity contribution in [3.05, 3.63) is 11.8 Å². The number of aliphatic hydroxyl groups is 4. The Morgan fingerprint density at radius 1 is 1.12 bits per heavy atom. The molecule has 15 N–H and O–H groups in total. The summed E-state index contributed by atoms with van der Waals surface area (Å²) >= 11 is 0. The van der Waals surface area contributed by atoms with Crippen LogP contribution in [0.15, 0.2) is 11.8 Å². The Hall–Kier alpha value is -1.02. The lowest BCUT2D eigenvalue weighted by atomic mass is 9.83. The van der Waals surface area contributed by atoms with Gasteiger partial charge >= 0.3 is 0 Å². The quantitative estimate of drug-likeness (QED) is 0.0864. The molecule has 1 aliphatic carbocycles. The van der Waals surface area contributed by atoms with Crippen LogP contribution in [-0.2, 0) is 18.9 Å². The van der Waals surface area contributed by atoms with Gasteiger partial charge in [0.2, 0.25) is 6.29 Å². The van der Waals surface area contributed by atoms with Crippen LogP contribution in [0.1, 0.15) is 26.2 Å². The van der Waals surface area contributed by atoms with E-state index in [-0.39, 0.29) is 19.7 Å². The van der Waals surface area contributed by atoms with Gasteiger partial charge in [0.25, 0.3) is 0 Å². The molecule has 0 bridgehead atoms. The number of likely N-dealkylation sites (N-methyl/N-ethyl adjacent to an activating group) is 1. The maximum Gasteiger partial charge on any atom is 0.215 e. The molecule has 0 radical (unpaired) electrons. The molecule has 0 aromatic carbocycles. The van der Waals surface area contributed by atoms with Crippen molar-refractivity contribution in [2.75, 3.05) is 46.4 Å². The van der Waals surface area contributed by atoms with E-state index < -0.39 is 72.9 Å². The Balaban J connectivity index is 1.73. The highest BCUT2D eigenvalue weighted by Gasteiger charge is 2.51. The molecule has 1 saturated heterocycles. The van der Waals surface area contributed by atoms with E-state index in [4.69, 9.17) is 41.9 Å². The molecule has 12 atom stereocenters. The predicted octanol–water partition coefficient (Wildman–Crippen LogP) is -4.92. The maximum atomic E-state index is 11.5. The SMILES string of the molecule is CN[C@@H]1[C@@H](O)[C@@H](O[C@H]2[C@H](NCC(O)CN)C[C@H](N)C(O[C@H]3OC(CNCCCN)=CC[C@H]3N)[C@@H]2O)OC[C@]1(C)O. The van der Waals surface area contributed by atoms with Gasteiger partial charge in [-0.05, 0) is 52.4 Å². The van der Waals surface area contributed by atoms with Crippen LogP contribution < -0.4 is 38.9 Å². The van der Waals surface area contributed by atoms with Gasteiger partial charge in [-0.25, -0.2) is 0 Å². The van der Waals surface area contributed by atoms with Crippen molar-refractivity contribution in [2.45, 2.75) is 99.1 Å². The summed E-state index contributed by atoms with van der Waals surface area (Å²) < 4.78 is 24.0. The van der Waals surface area contributed by atoms with E-state index in [1.807, 2.05) is 6.08 Å². The van der Waals surface area contributed by atoms with E-state index in [2.05, 4.69) is 16.0 Å². The van der Waals surface area contributed by atoms with Crippen LogP contribution in [0.2, 0.25) is 0 Å². The van der Waals surface area contributed by atoms with E-state index in [0.29, 0.717) is 31.7 Å². The fourth-order valence-corrected chi connectivity index (χ4v) is 5.39. The fourth-order valence-electron chi connectivity index (χ4n) is 5.39. The van der Waals surface area contributed by atoms with Crippen LogP contribution in [-0.4, -0.2) is 140 Å². The number of hydrogen-bond donors (Lipinski definition) is 11. The summed E-state index contributed by atoms with van der Waals surface area (Å²) in [5.41, 5.74) is 22.5. The summed E-state index contributed by atoms with van der Waals surface area (Å²) in [6, 6.07) is -2.41. The Morgan fingerprint density at radius 2 is 1.85 bits per heavy atom. The molecule has 0 aromatic heterocycles. The molecular weight excluding hydrogens is 526 g/mol. The van der Waals surface area contributed by atoms with Gasteiger partial charge in [-0.3, -0.25) is 0 Å². The second-order valence-electron chi connectivity index (χ2n) is 11.2. The van der Waals surface area contributed by atoms with Gasteiger partial charge in [-0.1, -0.05) is 0 Å². The Kier molecular flexibility index (Phi) is 12.9. The monoisotopic (exact) mass is 577 g/mol. The third-order valence-corrected chi connectivity index (χ3v) is 7.72. The van der Waals surface area contributed by atoms with Crippen molar-refractivity contribution in [1.29, 1.82) is 0 Å². The Labute approximate surface area is 235 Å². The standard InChI is InChI=1S/C25H51N7O8/c1-25(36)12-37-24(19(35)22(25)30-2)40-21-17(32-10-13(33)9-27)8-16(29)20(18(21)34)39-23-15(28)5-4-14(38-23)11-31-7-3-6-26/h4,13,15-24,30-36H,3,5-12,26-29H2,1-2H3/t13?,15-,16+,17-,18+,19-,20?,21+,22-,23-,24-,25+/m1/s1. The maximum absolute atomic E-state index is 11.5. The summed E-state index contributed by atoms with van der Waals surface area (Å²) in [7, 11) is 1.62. The summed E-state index contributed by atoms with van der Waals surface area (Å²) in [4.78, 5) is 0. The third kappa shape index (κ3) is 8.52. The van der Waals surface area contributed by atoms with Crippen molar-refractivity contribution in [3.63, 3.8) is 0 Å². The lowest BCUT2D eigenvalue weighted by molar-refractivity contribution is -0.304. The van der Waals surface area contributed by atoms with Gasteiger partial charge in [0, 0.05) is 25.2 Å². The molecule has 0 amide bonds. The van der Waals surface area contributed by atoms with Gasteiger partial charge < -0.3 is 78.3 Å². The molecule has 234 valence electrons. The van der Waals surface area contributed by atoms with Crippen molar-refractivity contribution >= 4 is 0 Å². The largest absolute Gasteiger partial charge is 0.467 e. The topological polar surface area (TPSA) is 258 Å². The minimum absolute atomic E-state index is 0.0445. The average Bonchev–Trinajstić information content (AvgIpc) is 2.92. The number of aliphatic hydroxyl groups excluding tert-OH is 3. The number of nitrogens with two attached hydrogens (primary N) is 4. The van der Waals surface area contributed by atoms with E-state index in [9.17, 15) is 20.4 Å². The fraction of sp³-hybridized carbons (Fsp3) is 0.920. The second kappa shape index (κ2) is 15.5. The first kappa shape index (κ1) is 33.5. The van der Waals surface area contributed by atoms with E-state index in [1.165, 1.54) is 0 Å². The van der Waals surface area contributed by atoms with Crippen LogP contribution >= 0.6 is 0 Å². The first-order valence-electron chi connectivity index (χ1n) is 14.1. The van der Waals surface area contributed by atoms with Crippen molar-refractivity contribution < 1.29 is 39.4 Å². The zero-order valence-electron chi connectivity index (χ0n) is 23.5. The molecular formula is C25H51N7O8. The van der Waals surface area contributed by atoms with Crippen molar-refractivity contribution in [3.8, 4) is 0 Å². The van der Waals surface area contributed by atoms with E-state index in [0.717, 1.165) is 13.0 Å². The second-order valence-corrected chi connectivity index (χ2v) is 11.2. The molecule has 15 nitrogen and oxygen atoms in total. The predicted molar refractivity (Wildman–Crippen MR) is 147 cm³/mol. The summed E-state index contributed by atoms with van der Waals surface area (Å²) in [5, 5.41) is 52.4. The van der Waals surface area contributed by atoms with Gasteiger partial charge in [-0.15, -0.1) is 0 Å². The molecule has 1 saturated carbocycles. The third-order valence-electron chi connectivity index (χ3n) is 7.72. The molecule has 2 heterocycles. The van der Waals surface area contributed by atoms with Crippen LogP contribution in [0.4, 0.5) is 0 Å². The van der Waals surface area contributed by atoms with Crippen LogP contribution in [0.25, 0.3) is 0 Å². The Morgan fingerprint density at radius 3 is 2.52 bits per heavy atom. The number of rotatable bonds is 14. The molecule has 0 aromatic rings. The van der Waals surface area contributed by atoms with Crippen LogP contribution in [0, 0.1) is 0 Å². The van der Waals surface area contributed by atoms with E-state index >= 15 is 0 Å². The highest BCUT2D eigenvalue weighted by molar-refractivity contribution is 5.05. The summed E-state index contributed by atoms with van der Waals surface area (Å²) in [6.45, 7) is 3.44. The van der Waals surface area contributed by atoms with Gasteiger partial charge in [0.15, 0.2) is 6.29 Å². The molecule has 3 rings (SSSR count). The molecule has 0 spiro atoms. The van der Waals surface area contributed by atoms with Crippen molar-refractivity contribution in [1.82, 2.24) is 16.0 Å². The van der Waals surface area contributed by atoms with Gasteiger partial charge in [0.05, 0.1) is 31.3 Å². The summed E-state index contributed by atoms with van der Waals surface area (Å²) in [5.74, 6) is 0.676. The number of hydrogen-bond acceptors (Lipinski definition) is 15. The molecule has 2 unspecified atom stereocenters. The first-order valence-corrected chi connectivity index (χ1v) is 14.1. The van der Waals surface area contributed by atoms with Crippen molar-refractivity contribution in [2.24, 2.45) is 22.9 Å². The first-order chi connectivity index (χ1) is 19.0. The molecule has 40 heavy (non-hydrogen) atoms. The molecule has 15 heteroatoms. The normalized spacial score (nSPS) is 41.3. The van der Waals surface area contributed by atoms with Crippen LogP contribution in [0.3, 0.4) is 0 Å². The molecule has 3 aliphatic rings. The highest BCUT2D eigenvalue weighted by Crippen LogP contribution is 2.32. The smallest absolute Gasteiger partial charge is 0.215 e. The minimum atomic E-state index is -1.34.